The van der Waals surface area contributed by atoms with Crippen LogP contribution >= 0.6 is 0 Å². The number of hydrogen-bond donors (Lipinski definition) is 2. The summed E-state index contributed by atoms with van der Waals surface area (Å²) in [6.45, 7) is 5.95. The summed E-state index contributed by atoms with van der Waals surface area (Å²) in [5.41, 5.74) is 2.53. The van der Waals surface area contributed by atoms with E-state index >= 15 is 0 Å². The standard InChI is InChI=1S/C21H30N6O/c1-25(2)11-10-22-20-9-4-17(16-23-20)21(28)24-18-5-7-19(8-6-18)27-14-12-26(3)13-15-27/h4-9,16H,10-15H2,1-3H3,(H,22,23)(H,24,28). The molecule has 1 aliphatic heterocycles. The number of nitrogens with one attached hydrogen (secondary N) is 2. The maximum Gasteiger partial charge on any atom is 0.257 e. The van der Waals surface area contributed by atoms with E-state index in [2.05, 4.69) is 49.5 Å². The van der Waals surface area contributed by atoms with Gasteiger partial charge in [0.15, 0.2) is 0 Å². The SMILES string of the molecule is CN(C)CCNc1ccc(C(=O)Nc2ccc(N3CCN(C)CC3)cc2)cn1. The van der Waals surface area contributed by atoms with Crippen molar-refractivity contribution in [2.45, 2.75) is 0 Å². The Hall–Kier alpha value is -2.64. The lowest BCUT2D eigenvalue weighted by atomic mass is 10.2. The summed E-state index contributed by atoms with van der Waals surface area (Å²) in [5, 5.41) is 6.18. The Morgan fingerprint density at radius 3 is 2.39 bits per heavy atom. The van der Waals surface area contributed by atoms with Crippen molar-refractivity contribution in [1.82, 2.24) is 14.8 Å². The average Bonchev–Trinajstić information content (AvgIpc) is 2.69. The third kappa shape index (κ3) is 5.68. The minimum absolute atomic E-state index is 0.153. The fraction of sp³-hybridized carbons (Fsp3) is 0.429. The lowest BCUT2D eigenvalue weighted by Gasteiger charge is -2.34. The topological polar surface area (TPSA) is 63.7 Å². The van der Waals surface area contributed by atoms with Crippen LogP contribution in [0.5, 0.6) is 0 Å². The summed E-state index contributed by atoms with van der Waals surface area (Å²) in [6.07, 6.45) is 1.60. The van der Waals surface area contributed by atoms with E-state index in [0.717, 1.165) is 50.8 Å². The first-order valence-corrected chi connectivity index (χ1v) is 9.71. The Labute approximate surface area is 167 Å². The molecule has 0 saturated carbocycles. The van der Waals surface area contributed by atoms with Gasteiger partial charge in [-0.2, -0.15) is 0 Å². The number of rotatable bonds is 7. The second-order valence-electron chi connectivity index (χ2n) is 7.45. The maximum absolute atomic E-state index is 12.5. The first kappa shape index (κ1) is 20.1. The van der Waals surface area contributed by atoms with Crippen LogP contribution in [0.25, 0.3) is 0 Å². The zero-order chi connectivity index (χ0) is 19.9. The minimum atomic E-state index is -0.153. The smallest absolute Gasteiger partial charge is 0.257 e. The van der Waals surface area contributed by atoms with Gasteiger partial charge in [-0.3, -0.25) is 4.79 Å². The van der Waals surface area contributed by atoms with Crippen molar-refractivity contribution < 1.29 is 4.79 Å². The number of carbonyl (C=O) groups excluding carboxylic acids is 1. The average molecular weight is 383 g/mol. The lowest BCUT2D eigenvalue weighted by molar-refractivity contribution is 0.102. The van der Waals surface area contributed by atoms with Crippen molar-refractivity contribution >= 4 is 23.1 Å². The van der Waals surface area contributed by atoms with E-state index in [1.54, 1.807) is 12.3 Å². The minimum Gasteiger partial charge on any atom is -0.369 e. The number of piperazine rings is 1. The molecule has 2 aromatic rings. The highest BCUT2D eigenvalue weighted by Gasteiger charge is 2.14. The van der Waals surface area contributed by atoms with Crippen LogP contribution in [0.3, 0.4) is 0 Å². The first-order valence-electron chi connectivity index (χ1n) is 9.71. The Bertz CT molecular complexity index is 751. The number of pyridine rings is 1. The number of hydrogen-bond acceptors (Lipinski definition) is 6. The van der Waals surface area contributed by atoms with Crippen LogP contribution in [0.4, 0.5) is 17.2 Å². The molecule has 0 bridgehead atoms. The molecule has 1 aliphatic rings. The van der Waals surface area contributed by atoms with Crippen molar-refractivity contribution in [3.8, 4) is 0 Å². The van der Waals surface area contributed by atoms with Gasteiger partial charge in [0.2, 0.25) is 0 Å². The van der Waals surface area contributed by atoms with E-state index in [9.17, 15) is 4.79 Å². The summed E-state index contributed by atoms with van der Waals surface area (Å²) in [6, 6.07) is 11.7. The number of anilines is 3. The van der Waals surface area contributed by atoms with Crippen LogP contribution in [-0.4, -0.2) is 81.1 Å². The molecule has 0 spiro atoms. The Balaban J connectivity index is 1.52. The molecule has 28 heavy (non-hydrogen) atoms. The summed E-state index contributed by atoms with van der Waals surface area (Å²) in [4.78, 5) is 23.6. The van der Waals surface area contributed by atoms with Crippen LogP contribution in [0, 0.1) is 0 Å². The highest BCUT2D eigenvalue weighted by atomic mass is 16.1. The van der Waals surface area contributed by atoms with Crippen LogP contribution in [0.15, 0.2) is 42.6 Å². The lowest BCUT2D eigenvalue weighted by Crippen LogP contribution is -2.44. The second-order valence-corrected chi connectivity index (χ2v) is 7.45. The maximum atomic E-state index is 12.5. The highest BCUT2D eigenvalue weighted by Crippen LogP contribution is 2.20. The summed E-state index contributed by atoms with van der Waals surface area (Å²) in [7, 11) is 6.21. The fourth-order valence-corrected chi connectivity index (χ4v) is 3.06. The van der Waals surface area contributed by atoms with Gasteiger partial charge in [0.05, 0.1) is 5.56 Å². The number of benzene rings is 1. The molecule has 7 nitrogen and oxygen atoms in total. The van der Waals surface area contributed by atoms with Crippen molar-refractivity contribution in [1.29, 1.82) is 0 Å². The number of aromatic nitrogens is 1. The first-order chi connectivity index (χ1) is 13.5. The van der Waals surface area contributed by atoms with E-state index in [1.807, 2.05) is 32.3 Å². The highest BCUT2D eigenvalue weighted by molar-refractivity contribution is 6.04. The molecule has 1 amide bonds. The van der Waals surface area contributed by atoms with E-state index in [4.69, 9.17) is 0 Å². The van der Waals surface area contributed by atoms with Gasteiger partial charge >= 0.3 is 0 Å². The van der Waals surface area contributed by atoms with Crippen molar-refractivity contribution in [3.63, 3.8) is 0 Å². The van der Waals surface area contributed by atoms with Gasteiger partial charge in [-0.1, -0.05) is 0 Å². The predicted octanol–water partition coefficient (Wildman–Crippen LogP) is 2.06. The zero-order valence-electron chi connectivity index (χ0n) is 17.0. The predicted molar refractivity (Wildman–Crippen MR) is 115 cm³/mol. The van der Waals surface area contributed by atoms with E-state index in [1.165, 1.54) is 5.69 Å². The largest absolute Gasteiger partial charge is 0.369 e. The molecule has 1 aromatic carbocycles. The van der Waals surface area contributed by atoms with Gasteiger partial charge in [-0.25, -0.2) is 4.98 Å². The Kier molecular flexibility index (Phi) is 6.84. The van der Waals surface area contributed by atoms with Crippen LogP contribution in [0.1, 0.15) is 10.4 Å². The molecule has 0 radical (unpaired) electrons. The van der Waals surface area contributed by atoms with Gasteiger partial charge in [0, 0.05) is 56.8 Å². The van der Waals surface area contributed by atoms with E-state index < -0.39 is 0 Å². The zero-order valence-corrected chi connectivity index (χ0v) is 17.0. The molecule has 150 valence electrons. The summed E-state index contributed by atoms with van der Waals surface area (Å²) >= 11 is 0. The third-order valence-corrected chi connectivity index (χ3v) is 4.88. The normalized spacial score (nSPS) is 14.9. The molecule has 0 atom stereocenters. The quantitative estimate of drug-likeness (QED) is 0.764. The molecule has 1 saturated heterocycles. The van der Waals surface area contributed by atoms with Crippen molar-refractivity contribution in [2.75, 3.05) is 75.9 Å². The van der Waals surface area contributed by atoms with Gasteiger partial charge in [-0.15, -0.1) is 0 Å². The van der Waals surface area contributed by atoms with Crippen LogP contribution in [0.2, 0.25) is 0 Å². The number of carbonyl (C=O) groups is 1. The van der Waals surface area contributed by atoms with Crippen LogP contribution in [-0.2, 0) is 0 Å². The molecule has 7 heteroatoms. The fourth-order valence-electron chi connectivity index (χ4n) is 3.06. The number of amides is 1. The molecule has 1 aromatic heterocycles. The third-order valence-electron chi connectivity index (χ3n) is 4.88. The molecule has 0 aliphatic carbocycles. The van der Waals surface area contributed by atoms with E-state index in [-0.39, 0.29) is 5.91 Å². The molecule has 0 unspecified atom stereocenters. The molecule has 2 heterocycles. The van der Waals surface area contributed by atoms with Gasteiger partial charge in [0.25, 0.3) is 5.91 Å². The van der Waals surface area contributed by atoms with Crippen LogP contribution < -0.4 is 15.5 Å². The van der Waals surface area contributed by atoms with E-state index in [0.29, 0.717) is 5.56 Å². The van der Waals surface area contributed by atoms with Gasteiger partial charge in [0.1, 0.15) is 5.82 Å². The molecule has 3 rings (SSSR count). The van der Waals surface area contributed by atoms with Gasteiger partial charge in [-0.05, 0) is 57.5 Å². The summed E-state index contributed by atoms with van der Waals surface area (Å²) in [5.74, 6) is 0.620. The van der Waals surface area contributed by atoms with Gasteiger partial charge < -0.3 is 25.3 Å². The Morgan fingerprint density at radius 1 is 1.07 bits per heavy atom. The molecular weight excluding hydrogens is 352 g/mol. The molecule has 1 fully saturated rings. The molecule has 2 N–H and O–H groups in total. The van der Waals surface area contributed by atoms with Crippen molar-refractivity contribution in [2.24, 2.45) is 0 Å². The Morgan fingerprint density at radius 2 is 1.79 bits per heavy atom. The number of nitrogens with zero attached hydrogens (tertiary/aromatic N) is 4. The molecular formula is C21H30N6O. The second kappa shape index (κ2) is 9.52. The van der Waals surface area contributed by atoms with Crippen molar-refractivity contribution in [3.05, 3.63) is 48.2 Å². The number of likely N-dealkylation sites (N-methyl/N-ethyl adjacent to an activating group) is 2. The monoisotopic (exact) mass is 382 g/mol. The summed E-state index contributed by atoms with van der Waals surface area (Å²) < 4.78 is 0.